The van der Waals surface area contributed by atoms with Gasteiger partial charge in [-0.3, -0.25) is 19.2 Å². The van der Waals surface area contributed by atoms with Gasteiger partial charge in [0.15, 0.2) is 5.78 Å². The number of carbonyl (C=O) groups is 4. The van der Waals surface area contributed by atoms with Crippen molar-refractivity contribution in [3.05, 3.63) is 57.6 Å². The van der Waals surface area contributed by atoms with Crippen molar-refractivity contribution in [2.75, 3.05) is 0 Å². The molecule has 6 aliphatic rings. The second-order valence-electron chi connectivity index (χ2n) is 21.4. The number of amides is 1. The second kappa shape index (κ2) is 13.6. The molecule has 0 heterocycles. The molecule has 8 atom stereocenters. The lowest BCUT2D eigenvalue weighted by Gasteiger charge is -2.72. The molecule has 0 unspecified atom stereocenters. The SMILES string of the molecule is C/C(=C\[C@@]12CC[C@]3(C)[C@H](CC[C@@H]4[C@@]5(C)CC[C@H](OC(=O)CC(C)(C)C(=O)O)C(C)(C)[C@@H]5CC[C@]43C)C1=C(C(C)C)C(=O)C2)C(=O)NC1(c2cccc(Cl)c2)CC1. The van der Waals surface area contributed by atoms with Crippen molar-refractivity contribution in [1.29, 1.82) is 0 Å². The molecule has 7 rings (SSSR count). The number of ether oxygens (including phenoxy) is 1. The predicted molar refractivity (Wildman–Crippen MR) is 220 cm³/mol. The maximum absolute atomic E-state index is 14.2. The Morgan fingerprint density at radius 1 is 0.946 bits per heavy atom. The van der Waals surface area contributed by atoms with Crippen molar-refractivity contribution in [1.82, 2.24) is 5.32 Å². The van der Waals surface area contributed by atoms with Crippen LogP contribution in [0.3, 0.4) is 0 Å². The summed E-state index contributed by atoms with van der Waals surface area (Å²) in [5.41, 5.74) is 1.91. The summed E-state index contributed by atoms with van der Waals surface area (Å²) in [6.45, 7) is 21.6. The van der Waals surface area contributed by atoms with Gasteiger partial charge in [-0.1, -0.05) is 78.3 Å². The number of rotatable bonds is 9. The van der Waals surface area contributed by atoms with Gasteiger partial charge in [-0.15, -0.1) is 0 Å². The molecule has 0 radical (unpaired) electrons. The Labute approximate surface area is 340 Å². The molecule has 5 saturated carbocycles. The minimum absolute atomic E-state index is 0.0159. The van der Waals surface area contributed by atoms with Crippen LogP contribution in [0.1, 0.15) is 152 Å². The number of allylic oxidation sites excluding steroid dienone is 3. The van der Waals surface area contributed by atoms with Crippen LogP contribution in [-0.4, -0.2) is 34.8 Å². The standard InChI is InChI=1S/C48H66ClNO6/c1-28(2)38-33(51)26-47(25-29(3)40(53)50-48(22-23-48)30-12-11-13-31(49)24-30)21-20-45(9)32(39(38)47)14-15-35-44(8)18-17-36(56-37(52)27-42(4,5)41(54)55)43(6,7)34(44)16-19-46(35,45)10/h11-13,24-25,28,32,34-36H,14-23,26-27H2,1-10H3,(H,50,53)(H,54,55)/b29-25+/t32-,34+,35-,36+,44+,45-,46-,47-/m1/s1. The predicted octanol–water partition coefficient (Wildman–Crippen LogP) is 10.8. The first kappa shape index (κ1) is 41.2. The summed E-state index contributed by atoms with van der Waals surface area (Å²) in [7, 11) is 0. The fourth-order valence-electron chi connectivity index (χ4n) is 13.8. The first-order valence-electron chi connectivity index (χ1n) is 21.5. The van der Waals surface area contributed by atoms with Gasteiger partial charge in [-0.25, -0.2) is 0 Å². The highest BCUT2D eigenvalue weighted by Gasteiger charge is 2.70. The quantitative estimate of drug-likeness (QED) is 0.190. The highest BCUT2D eigenvalue weighted by molar-refractivity contribution is 6.30. The molecule has 2 N–H and O–H groups in total. The summed E-state index contributed by atoms with van der Waals surface area (Å²) in [4.78, 5) is 53.1. The Balaban J connectivity index is 1.17. The number of esters is 1. The topological polar surface area (TPSA) is 110 Å². The van der Waals surface area contributed by atoms with E-state index in [0.29, 0.717) is 28.9 Å². The van der Waals surface area contributed by atoms with Gasteiger partial charge < -0.3 is 15.2 Å². The Morgan fingerprint density at radius 2 is 1.64 bits per heavy atom. The molecule has 1 aromatic rings. The molecule has 56 heavy (non-hydrogen) atoms. The van der Waals surface area contributed by atoms with Crippen LogP contribution in [0.2, 0.25) is 5.02 Å². The third-order valence-electron chi connectivity index (χ3n) is 17.2. The van der Waals surface area contributed by atoms with E-state index in [-0.39, 0.29) is 63.2 Å². The number of carboxylic acid groups (broad SMARTS) is 1. The van der Waals surface area contributed by atoms with Gasteiger partial charge in [0.25, 0.3) is 0 Å². The number of carboxylic acids is 1. The van der Waals surface area contributed by atoms with Crippen LogP contribution >= 0.6 is 11.6 Å². The Hall–Kier alpha value is -2.93. The summed E-state index contributed by atoms with van der Waals surface area (Å²) >= 11 is 6.35. The van der Waals surface area contributed by atoms with E-state index in [1.54, 1.807) is 13.8 Å². The molecule has 0 spiro atoms. The zero-order valence-electron chi connectivity index (χ0n) is 35.6. The number of halogens is 1. The Morgan fingerprint density at radius 3 is 2.27 bits per heavy atom. The van der Waals surface area contributed by atoms with E-state index in [1.165, 1.54) is 5.57 Å². The summed E-state index contributed by atoms with van der Waals surface area (Å²) in [5, 5.41) is 13.7. The van der Waals surface area contributed by atoms with E-state index in [2.05, 4.69) is 59.9 Å². The largest absolute Gasteiger partial charge is 0.481 e. The minimum Gasteiger partial charge on any atom is -0.481 e. The molecule has 0 saturated heterocycles. The number of Topliss-reactive ketones (excluding diaryl/α,β-unsaturated/α-hetero) is 1. The van der Waals surface area contributed by atoms with E-state index in [9.17, 15) is 24.3 Å². The maximum atomic E-state index is 14.2. The van der Waals surface area contributed by atoms with E-state index in [4.69, 9.17) is 16.3 Å². The lowest BCUT2D eigenvalue weighted by molar-refractivity contribution is -0.232. The number of fused-ring (bicyclic) bond motifs is 7. The molecule has 8 heteroatoms. The van der Waals surface area contributed by atoms with E-state index < -0.39 is 22.8 Å². The number of hydrogen-bond donors (Lipinski definition) is 2. The van der Waals surface area contributed by atoms with E-state index in [0.717, 1.165) is 75.3 Å². The smallest absolute Gasteiger partial charge is 0.309 e. The van der Waals surface area contributed by atoms with Crippen LogP contribution in [0.4, 0.5) is 0 Å². The molecule has 1 aromatic carbocycles. The molecule has 0 bridgehead atoms. The fourth-order valence-corrected chi connectivity index (χ4v) is 14.0. The molecule has 7 nitrogen and oxygen atoms in total. The van der Waals surface area contributed by atoms with Crippen LogP contribution in [0.15, 0.2) is 47.1 Å². The third-order valence-corrected chi connectivity index (χ3v) is 17.4. The number of hydrogen-bond acceptors (Lipinski definition) is 5. The Kier molecular flexibility index (Phi) is 9.99. The molecule has 306 valence electrons. The monoisotopic (exact) mass is 787 g/mol. The maximum Gasteiger partial charge on any atom is 0.309 e. The minimum atomic E-state index is -1.17. The van der Waals surface area contributed by atoms with Gasteiger partial charge in [0.1, 0.15) is 6.10 Å². The van der Waals surface area contributed by atoms with Gasteiger partial charge in [0.05, 0.1) is 17.4 Å². The van der Waals surface area contributed by atoms with Gasteiger partial charge in [-0.05, 0) is 154 Å². The van der Waals surface area contributed by atoms with E-state index >= 15 is 0 Å². The van der Waals surface area contributed by atoms with Gasteiger partial charge in [0, 0.05) is 27.8 Å². The van der Waals surface area contributed by atoms with Crippen LogP contribution < -0.4 is 5.32 Å². The van der Waals surface area contributed by atoms with Crippen molar-refractivity contribution in [3.8, 4) is 0 Å². The number of nitrogens with one attached hydrogen (secondary N) is 1. The summed E-state index contributed by atoms with van der Waals surface area (Å²) in [6, 6.07) is 7.80. The van der Waals surface area contributed by atoms with Crippen LogP contribution in [0.5, 0.6) is 0 Å². The van der Waals surface area contributed by atoms with Crippen LogP contribution in [-0.2, 0) is 29.5 Å². The number of ketones is 1. The highest BCUT2D eigenvalue weighted by atomic mass is 35.5. The average molecular weight is 789 g/mol. The van der Waals surface area contributed by atoms with Gasteiger partial charge in [0.2, 0.25) is 5.91 Å². The van der Waals surface area contributed by atoms with Crippen LogP contribution in [0.25, 0.3) is 0 Å². The summed E-state index contributed by atoms with van der Waals surface area (Å²) in [5.74, 6) is -0.0103. The van der Waals surface area contributed by atoms with Gasteiger partial charge in [-0.2, -0.15) is 0 Å². The zero-order valence-corrected chi connectivity index (χ0v) is 36.4. The summed E-state index contributed by atoms with van der Waals surface area (Å²) < 4.78 is 6.18. The molecule has 6 aliphatic carbocycles. The van der Waals surface area contributed by atoms with Gasteiger partial charge >= 0.3 is 11.9 Å². The van der Waals surface area contributed by atoms with E-state index in [1.807, 2.05) is 31.2 Å². The number of benzene rings is 1. The van der Waals surface area contributed by atoms with Crippen molar-refractivity contribution in [3.63, 3.8) is 0 Å². The van der Waals surface area contributed by atoms with Crippen molar-refractivity contribution < 1.29 is 29.0 Å². The molecule has 0 aliphatic heterocycles. The third kappa shape index (κ3) is 6.25. The normalized spacial score (nSPS) is 37.2. The van der Waals surface area contributed by atoms with Crippen LogP contribution in [0, 0.1) is 56.2 Å². The lowest BCUT2D eigenvalue weighted by atomic mass is 9.33. The molecular weight excluding hydrogens is 722 g/mol. The Bertz CT molecular complexity index is 1900. The number of carbonyl (C=O) groups excluding carboxylic acids is 3. The first-order chi connectivity index (χ1) is 26.0. The average Bonchev–Trinajstić information content (AvgIpc) is 3.81. The highest BCUT2D eigenvalue weighted by Crippen LogP contribution is 2.77. The fraction of sp³-hybridized carbons (Fsp3) is 0.708. The lowest BCUT2D eigenvalue weighted by Crippen LogP contribution is -2.65. The van der Waals surface area contributed by atoms with Crippen molar-refractivity contribution in [2.45, 2.75) is 158 Å². The second-order valence-corrected chi connectivity index (χ2v) is 21.9. The molecule has 1 amide bonds. The molecule has 0 aromatic heterocycles. The van der Waals surface area contributed by atoms with Crippen molar-refractivity contribution in [2.24, 2.45) is 56.2 Å². The zero-order chi connectivity index (χ0) is 41.0. The van der Waals surface area contributed by atoms with Crippen molar-refractivity contribution >= 4 is 35.2 Å². The first-order valence-corrected chi connectivity index (χ1v) is 21.8. The molecular formula is C48H66ClNO6. The molecule has 5 fully saturated rings. The summed E-state index contributed by atoms with van der Waals surface area (Å²) in [6.07, 6.45) is 11.9. The number of aliphatic carboxylic acids is 1.